The number of hydrogen-bond donors (Lipinski definition) is 1. The minimum absolute atomic E-state index is 0.0431. The van der Waals surface area contributed by atoms with E-state index < -0.39 is 23.5 Å². The van der Waals surface area contributed by atoms with Crippen LogP contribution in [0.1, 0.15) is 36.9 Å². The van der Waals surface area contributed by atoms with E-state index in [1.165, 1.54) is 36.3 Å². The molecule has 1 N–H and O–H groups in total. The fourth-order valence-electron chi connectivity index (χ4n) is 3.51. The molecule has 1 saturated heterocycles. The predicted molar refractivity (Wildman–Crippen MR) is 114 cm³/mol. The Morgan fingerprint density at radius 3 is 2.55 bits per heavy atom. The van der Waals surface area contributed by atoms with Crippen molar-refractivity contribution in [3.8, 4) is 5.75 Å². The van der Waals surface area contributed by atoms with Gasteiger partial charge in [0.2, 0.25) is 0 Å². The van der Waals surface area contributed by atoms with Crippen LogP contribution in [-0.4, -0.2) is 48.6 Å². The highest BCUT2D eigenvalue weighted by Gasteiger charge is 2.45. The second-order valence-electron chi connectivity index (χ2n) is 7.27. The Morgan fingerprint density at radius 2 is 1.87 bits per heavy atom. The van der Waals surface area contributed by atoms with Gasteiger partial charge in [-0.2, -0.15) is 0 Å². The third kappa shape index (κ3) is 4.94. The highest BCUT2D eigenvalue weighted by atomic mass is 19.1. The topological polar surface area (TPSA) is 76.1 Å². The number of benzene rings is 2. The number of methoxy groups -OCH3 is 1. The average molecular weight is 427 g/mol. The molecule has 0 aliphatic carbocycles. The molecule has 0 radical (unpaired) electrons. The number of aliphatic hydroxyl groups excluding tert-OH is 1. The van der Waals surface area contributed by atoms with Crippen molar-refractivity contribution in [2.75, 3.05) is 26.9 Å². The summed E-state index contributed by atoms with van der Waals surface area (Å²) in [6, 6.07) is 11.4. The van der Waals surface area contributed by atoms with Crippen LogP contribution in [0, 0.1) is 5.82 Å². The number of amides is 1. The van der Waals surface area contributed by atoms with Crippen LogP contribution >= 0.6 is 0 Å². The van der Waals surface area contributed by atoms with Gasteiger partial charge in [-0.05, 0) is 36.2 Å². The summed E-state index contributed by atoms with van der Waals surface area (Å²) in [4.78, 5) is 27.0. The van der Waals surface area contributed by atoms with E-state index in [0.29, 0.717) is 23.5 Å². The summed E-state index contributed by atoms with van der Waals surface area (Å²) in [5, 5.41) is 11.1. The van der Waals surface area contributed by atoms with Crippen molar-refractivity contribution >= 4 is 17.4 Å². The van der Waals surface area contributed by atoms with E-state index in [9.17, 15) is 19.1 Å². The monoisotopic (exact) mass is 427 g/mol. The number of ketones is 1. The van der Waals surface area contributed by atoms with E-state index in [4.69, 9.17) is 9.47 Å². The molecule has 2 aromatic carbocycles. The Labute approximate surface area is 180 Å². The Bertz CT molecular complexity index is 970. The molecule has 3 rings (SSSR count). The fraction of sp³-hybridized carbons (Fsp3) is 0.333. The molecule has 1 atom stereocenters. The summed E-state index contributed by atoms with van der Waals surface area (Å²) in [6.07, 6.45) is 1.88. The molecular weight excluding hydrogens is 401 g/mol. The van der Waals surface area contributed by atoms with Gasteiger partial charge >= 0.3 is 0 Å². The van der Waals surface area contributed by atoms with Crippen LogP contribution in [-0.2, 0) is 14.3 Å². The highest BCUT2D eigenvalue weighted by molar-refractivity contribution is 6.46. The van der Waals surface area contributed by atoms with Crippen molar-refractivity contribution in [2.24, 2.45) is 0 Å². The summed E-state index contributed by atoms with van der Waals surface area (Å²) in [5.41, 5.74) is 0.845. The quantitative estimate of drug-likeness (QED) is 0.283. The van der Waals surface area contributed by atoms with Gasteiger partial charge in [0.1, 0.15) is 17.3 Å². The molecule has 0 aromatic heterocycles. The van der Waals surface area contributed by atoms with Crippen LogP contribution in [0.2, 0.25) is 0 Å². The first kappa shape index (κ1) is 22.5. The molecule has 0 bridgehead atoms. The zero-order valence-corrected chi connectivity index (χ0v) is 17.6. The van der Waals surface area contributed by atoms with Crippen LogP contribution < -0.4 is 4.74 Å². The second-order valence-corrected chi connectivity index (χ2v) is 7.27. The van der Waals surface area contributed by atoms with Crippen LogP contribution in [0.15, 0.2) is 54.1 Å². The van der Waals surface area contributed by atoms with Crippen molar-refractivity contribution < 1.29 is 28.6 Å². The third-order valence-corrected chi connectivity index (χ3v) is 5.14. The number of unbranched alkanes of at least 4 members (excludes halogenated alkanes) is 1. The summed E-state index contributed by atoms with van der Waals surface area (Å²) in [7, 11) is 1.49. The van der Waals surface area contributed by atoms with E-state index in [1.807, 2.05) is 0 Å². The zero-order chi connectivity index (χ0) is 22.4. The molecule has 0 spiro atoms. The number of carbonyl (C=O) groups excluding carboxylic acids is 2. The van der Waals surface area contributed by atoms with Crippen molar-refractivity contribution in [3.63, 3.8) is 0 Å². The Morgan fingerprint density at radius 1 is 1.13 bits per heavy atom. The summed E-state index contributed by atoms with van der Waals surface area (Å²) >= 11 is 0. The Kier molecular flexibility index (Phi) is 7.41. The number of carbonyl (C=O) groups is 2. The van der Waals surface area contributed by atoms with Crippen LogP contribution in [0.4, 0.5) is 4.39 Å². The smallest absolute Gasteiger partial charge is 0.295 e. The van der Waals surface area contributed by atoms with Gasteiger partial charge < -0.3 is 19.5 Å². The number of rotatable bonds is 9. The summed E-state index contributed by atoms with van der Waals surface area (Å²) in [5.74, 6) is -1.70. The van der Waals surface area contributed by atoms with Gasteiger partial charge in [0.25, 0.3) is 11.7 Å². The van der Waals surface area contributed by atoms with Gasteiger partial charge in [-0.25, -0.2) is 4.39 Å². The largest absolute Gasteiger partial charge is 0.507 e. The SMILES string of the molecule is CCCCOc1cccc(C(O)=C2C(=O)C(=O)N(CCOC)C2c2ccc(F)cc2)c1. The fourth-order valence-corrected chi connectivity index (χ4v) is 3.51. The second kappa shape index (κ2) is 10.2. The number of hydrogen-bond acceptors (Lipinski definition) is 5. The molecule has 1 aliphatic heterocycles. The minimum atomic E-state index is -0.847. The number of ether oxygens (including phenoxy) is 2. The molecule has 1 heterocycles. The number of Topliss-reactive ketones (excluding diaryl/α,β-unsaturated/α-hetero) is 1. The van der Waals surface area contributed by atoms with Crippen molar-refractivity contribution in [1.82, 2.24) is 4.90 Å². The van der Waals surface area contributed by atoms with E-state index in [0.717, 1.165) is 12.8 Å². The first-order valence-corrected chi connectivity index (χ1v) is 10.2. The van der Waals surface area contributed by atoms with Crippen molar-refractivity contribution in [3.05, 3.63) is 71.0 Å². The lowest BCUT2D eigenvalue weighted by atomic mass is 9.95. The van der Waals surface area contributed by atoms with Gasteiger partial charge in [0, 0.05) is 19.2 Å². The Balaban J connectivity index is 2.05. The molecule has 1 fully saturated rings. The van der Waals surface area contributed by atoms with Crippen LogP contribution in [0.5, 0.6) is 5.75 Å². The highest BCUT2D eigenvalue weighted by Crippen LogP contribution is 2.39. The van der Waals surface area contributed by atoms with E-state index in [-0.39, 0.29) is 24.5 Å². The molecule has 1 amide bonds. The summed E-state index contributed by atoms with van der Waals surface area (Å²) < 4.78 is 24.2. The lowest BCUT2D eigenvalue weighted by molar-refractivity contribution is -0.140. The van der Waals surface area contributed by atoms with Gasteiger partial charge in [-0.3, -0.25) is 9.59 Å². The number of likely N-dealkylation sites (tertiary alicyclic amines) is 1. The zero-order valence-electron chi connectivity index (χ0n) is 17.6. The molecule has 6 nitrogen and oxygen atoms in total. The maximum Gasteiger partial charge on any atom is 0.295 e. The van der Waals surface area contributed by atoms with E-state index >= 15 is 0 Å². The van der Waals surface area contributed by atoms with Crippen LogP contribution in [0.25, 0.3) is 5.76 Å². The molecule has 164 valence electrons. The molecule has 0 saturated carbocycles. The summed E-state index contributed by atoms with van der Waals surface area (Å²) in [6.45, 7) is 2.97. The minimum Gasteiger partial charge on any atom is -0.507 e. The average Bonchev–Trinajstić information content (AvgIpc) is 3.03. The Hall–Kier alpha value is -3.19. The molecule has 31 heavy (non-hydrogen) atoms. The van der Waals surface area contributed by atoms with Gasteiger partial charge in [-0.15, -0.1) is 0 Å². The predicted octanol–water partition coefficient (Wildman–Crippen LogP) is 4.07. The first-order valence-electron chi connectivity index (χ1n) is 10.2. The van der Waals surface area contributed by atoms with Gasteiger partial charge in [0.15, 0.2) is 0 Å². The van der Waals surface area contributed by atoms with Gasteiger partial charge in [-0.1, -0.05) is 37.6 Å². The third-order valence-electron chi connectivity index (χ3n) is 5.14. The van der Waals surface area contributed by atoms with Crippen molar-refractivity contribution in [1.29, 1.82) is 0 Å². The number of halogens is 1. The first-order chi connectivity index (χ1) is 15.0. The maximum absolute atomic E-state index is 13.5. The number of aliphatic hydroxyl groups is 1. The van der Waals surface area contributed by atoms with Crippen molar-refractivity contribution in [2.45, 2.75) is 25.8 Å². The lowest BCUT2D eigenvalue weighted by Crippen LogP contribution is -2.32. The normalized spacial score (nSPS) is 17.9. The van der Waals surface area contributed by atoms with Crippen LogP contribution in [0.3, 0.4) is 0 Å². The lowest BCUT2D eigenvalue weighted by Gasteiger charge is -2.25. The van der Waals surface area contributed by atoms with E-state index in [2.05, 4.69) is 6.92 Å². The molecule has 7 heteroatoms. The molecule has 1 unspecified atom stereocenters. The number of nitrogens with zero attached hydrogens (tertiary/aromatic N) is 1. The standard InChI is InChI=1S/C24H26FNO5/c1-3-4-13-31-19-7-5-6-17(15-19)22(27)20-21(16-8-10-18(25)11-9-16)26(12-14-30-2)24(29)23(20)28/h5-11,15,21,27H,3-4,12-14H2,1-2H3. The van der Waals surface area contributed by atoms with Gasteiger partial charge in [0.05, 0.1) is 24.8 Å². The van der Waals surface area contributed by atoms with E-state index in [1.54, 1.807) is 24.3 Å². The molecule has 2 aromatic rings. The molecular formula is C24H26FNO5. The molecule has 1 aliphatic rings. The maximum atomic E-state index is 13.5.